The average molecular weight is 367 g/mol. The van der Waals surface area contributed by atoms with Crippen molar-refractivity contribution in [1.29, 1.82) is 0 Å². The predicted octanol–water partition coefficient (Wildman–Crippen LogP) is 4.25. The van der Waals surface area contributed by atoms with E-state index in [4.69, 9.17) is 4.74 Å². The number of fused-ring (bicyclic) bond motifs is 1. The first-order valence-corrected chi connectivity index (χ1v) is 9.09. The number of anilines is 1. The van der Waals surface area contributed by atoms with E-state index in [9.17, 15) is 14.7 Å². The molecule has 0 saturated heterocycles. The largest absolute Gasteiger partial charge is 0.497 e. The van der Waals surface area contributed by atoms with E-state index in [0.717, 1.165) is 29.7 Å². The van der Waals surface area contributed by atoms with E-state index < -0.39 is 11.9 Å². The molecule has 1 aliphatic rings. The average Bonchev–Trinajstić information content (AvgIpc) is 2.66. The maximum absolute atomic E-state index is 13.3. The van der Waals surface area contributed by atoms with E-state index in [1.165, 1.54) is 0 Å². The van der Waals surface area contributed by atoms with Crippen molar-refractivity contribution in [3.05, 3.63) is 59.2 Å². The van der Waals surface area contributed by atoms with Gasteiger partial charge in [-0.15, -0.1) is 0 Å². The minimum absolute atomic E-state index is 0.0670. The minimum atomic E-state index is -0.850. The minimum Gasteiger partial charge on any atom is -0.497 e. The van der Waals surface area contributed by atoms with Crippen molar-refractivity contribution in [3.63, 3.8) is 0 Å². The van der Waals surface area contributed by atoms with Crippen LogP contribution in [-0.4, -0.2) is 29.6 Å². The summed E-state index contributed by atoms with van der Waals surface area (Å²) in [6, 6.07) is 12.7. The molecule has 1 heterocycles. The fourth-order valence-corrected chi connectivity index (χ4v) is 3.56. The maximum Gasteiger partial charge on any atom is 0.310 e. The highest BCUT2D eigenvalue weighted by atomic mass is 16.5. The van der Waals surface area contributed by atoms with Crippen LogP contribution in [0.1, 0.15) is 54.6 Å². The van der Waals surface area contributed by atoms with Gasteiger partial charge in [-0.3, -0.25) is 9.59 Å². The number of amides is 1. The van der Waals surface area contributed by atoms with E-state index in [-0.39, 0.29) is 11.4 Å². The Morgan fingerprint density at radius 2 is 1.81 bits per heavy atom. The van der Waals surface area contributed by atoms with Gasteiger partial charge in [0.2, 0.25) is 0 Å². The molecule has 1 aliphatic heterocycles. The van der Waals surface area contributed by atoms with Crippen LogP contribution in [-0.2, 0) is 11.2 Å². The Morgan fingerprint density at radius 1 is 1.15 bits per heavy atom. The molecular weight excluding hydrogens is 342 g/mol. The summed E-state index contributed by atoms with van der Waals surface area (Å²) in [7, 11) is 1.59. The van der Waals surface area contributed by atoms with Crippen LogP contribution in [0.2, 0.25) is 0 Å². The van der Waals surface area contributed by atoms with Crippen molar-refractivity contribution < 1.29 is 19.4 Å². The Kier molecular flexibility index (Phi) is 4.96. The number of ether oxygens (including phenoxy) is 1. The molecule has 0 aromatic heterocycles. The molecule has 1 N–H and O–H groups in total. The number of aliphatic carboxylic acids is 1. The molecule has 0 spiro atoms. The third-order valence-electron chi connectivity index (χ3n) is 5.37. The molecule has 142 valence electrons. The Labute approximate surface area is 159 Å². The van der Waals surface area contributed by atoms with Crippen LogP contribution >= 0.6 is 0 Å². The van der Waals surface area contributed by atoms with E-state index in [1.54, 1.807) is 38.3 Å². The molecule has 0 fully saturated rings. The zero-order valence-electron chi connectivity index (χ0n) is 16.2. The molecule has 0 bridgehead atoms. The summed E-state index contributed by atoms with van der Waals surface area (Å²) in [4.78, 5) is 26.4. The molecule has 5 nitrogen and oxygen atoms in total. The van der Waals surface area contributed by atoms with Gasteiger partial charge in [0.1, 0.15) is 5.75 Å². The maximum atomic E-state index is 13.3. The fraction of sp³-hybridized carbons (Fsp3) is 0.364. The fourth-order valence-electron chi connectivity index (χ4n) is 3.56. The van der Waals surface area contributed by atoms with Crippen LogP contribution in [0.3, 0.4) is 0 Å². The van der Waals surface area contributed by atoms with Crippen LogP contribution in [0.25, 0.3) is 0 Å². The van der Waals surface area contributed by atoms with Crippen molar-refractivity contribution in [3.8, 4) is 5.75 Å². The number of carboxylic acid groups (broad SMARTS) is 1. The number of carboxylic acids is 1. The summed E-state index contributed by atoms with van der Waals surface area (Å²) in [6.07, 6.45) is 1.63. The van der Waals surface area contributed by atoms with Gasteiger partial charge in [0.25, 0.3) is 5.91 Å². The van der Waals surface area contributed by atoms with Crippen molar-refractivity contribution in [2.75, 3.05) is 12.0 Å². The van der Waals surface area contributed by atoms with E-state index in [2.05, 4.69) is 13.8 Å². The van der Waals surface area contributed by atoms with Gasteiger partial charge in [0.05, 0.1) is 13.0 Å². The number of aryl methyl sites for hydroxylation is 1. The molecule has 2 aromatic rings. The van der Waals surface area contributed by atoms with E-state index >= 15 is 0 Å². The molecule has 1 atom stereocenters. The zero-order chi connectivity index (χ0) is 19.8. The molecule has 1 amide bonds. The van der Waals surface area contributed by atoms with Crippen molar-refractivity contribution >= 4 is 17.6 Å². The molecule has 0 radical (unpaired) electrons. The lowest BCUT2D eigenvalue weighted by Gasteiger charge is -2.43. The monoisotopic (exact) mass is 367 g/mol. The van der Waals surface area contributed by atoms with Crippen molar-refractivity contribution in [1.82, 2.24) is 0 Å². The molecule has 27 heavy (non-hydrogen) atoms. The van der Waals surface area contributed by atoms with Gasteiger partial charge in [-0.2, -0.15) is 0 Å². The molecular formula is C22H25NO4. The topological polar surface area (TPSA) is 66.8 Å². The molecule has 0 aliphatic carbocycles. The van der Waals surface area contributed by atoms with Gasteiger partial charge in [-0.05, 0) is 75.1 Å². The van der Waals surface area contributed by atoms with Crippen molar-refractivity contribution in [2.24, 2.45) is 0 Å². The lowest BCUT2D eigenvalue weighted by Crippen LogP contribution is -2.51. The van der Waals surface area contributed by atoms with Gasteiger partial charge in [-0.25, -0.2) is 0 Å². The number of rotatable bonds is 4. The van der Waals surface area contributed by atoms with Crippen LogP contribution in [0.5, 0.6) is 5.75 Å². The number of carbonyl (C=O) groups excluding carboxylic acids is 1. The Morgan fingerprint density at radius 3 is 2.41 bits per heavy atom. The molecule has 5 heteroatoms. The molecule has 3 rings (SSSR count). The number of hydrogen-bond acceptors (Lipinski definition) is 3. The summed E-state index contributed by atoms with van der Waals surface area (Å²) >= 11 is 0. The lowest BCUT2D eigenvalue weighted by molar-refractivity contribution is -0.138. The number of methoxy groups -OCH3 is 1. The van der Waals surface area contributed by atoms with Crippen LogP contribution in [0.15, 0.2) is 42.5 Å². The van der Waals surface area contributed by atoms with Crippen LogP contribution < -0.4 is 9.64 Å². The summed E-state index contributed by atoms with van der Waals surface area (Å²) in [5.41, 5.74) is 2.90. The van der Waals surface area contributed by atoms with Crippen molar-refractivity contribution in [2.45, 2.75) is 45.1 Å². The standard InChI is InChI=1S/C22H25NO4/c1-14(21(25)26)16-7-10-19-17(13-16)11-12-22(2,3)23(19)20(24)15-5-8-18(27-4)9-6-15/h5-10,13-14H,11-12H2,1-4H3,(H,25,26). The summed E-state index contributed by atoms with van der Waals surface area (Å²) in [6.45, 7) is 5.80. The second kappa shape index (κ2) is 7.06. The van der Waals surface area contributed by atoms with Gasteiger partial charge in [0.15, 0.2) is 0 Å². The van der Waals surface area contributed by atoms with Crippen LogP contribution in [0.4, 0.5) is 5.69 Å². The van der Waals surface area contributed by atoms with E-state index in [1.807, 2.05) is 23.1 Å². The Balaban J connectivity index is 2.01. The van der Waals surface area contributed by atoms with Gasteiger partial charge < -0.3 is 14.7 Å². The third-order valence-corrected chi connectivity index (χ3v) is 5.37. The summed E-state index contributed by atoms with van der Waals surface area (Å²) in [5, 5.41) is 9.28. The SMILES string of the molecule is COc1ccc(C(=O)N2c3ccc(C(C)C(=O)O)cc3CCC2(C)C)cc1. The normalized spacial score (nSPS) is 16.4. The first kappa shape index (κ1) is 19.0. The number of nitrogens with zero attached hydrogens (tertiary/aromatic N) is 1. The third kappa shape index (κ3) is 3.54. The van der Waals surface area contributed by atoms with Crippen LogP contribution in [0, 0.1) is 0 Å². The summed E-state index contributed by atoms with van der Waals surface area (Å²) in [5.74, 6) is -0.784. The van der Waals surface area contributed by atoms with Gasteiger partial charge in [0, 0.05) is 16.8 Å². The quantitative estimate of drug-likeness (QED) is 0.877. The first-order chi connectivity index (χ1) is 12.7. The Hall–Kier alpha value is -2.82. The predicted molar refractivity (Wildman–Crippen MR) is 105 cm³/mol. The highest BCUT2D eigenvalue weighted by Gasteiger charge is 2.37. The zero-order valence-corrected chi connectivity index (χ0v) is 16.2. The number of carbonyl (C=O) groups is 2. The van der Waals surface area contributed by atoms with Gasteiger partial charge in [-0.1, -0.05) is 12.1 Å². The highest BCUT2D eigenvalue weighted by molar-refractivity contribution is 6.07. The smallest absolute Gasteiger partial charge is 0.310 e. The Bertz CT molecular complexity index is 870. The first-order valence-electron chi connectivity index (χ1n) is 9.09. The number of hydrogen-bond donors (Lipinski definition) is 1. The van der Waals surface area contributed by atoms with E-state index in [0.29, 0.717) is 11.3 Å². The number of benzene rings is 2. The van der Waals surface area contributed by atoms with Gasteiger partial charge >= 0.3 is 5.97 Å². The molecule has 2 aromatic carbocycles. The second-order valence-corrected chi connectivity index (χ2v) is 7.63. The highest BCUT2D eigenvalue weighted by Crippen LogP contribution is 2.39. The molecule has 0 saturated carbocycles. The molecule has 1 unspecified atom stereocenters. The lowest BCUT2D eigenvalue weighted by atomic mass is 9.84. The second-order valence-electron chi connectivity index (χ2n) is 7.63. The summed E-state index contributed by atoms with van der Waals surface area (Å²) < 4.78 is 5.17.